The predicted octanol–water partition coefficient (Wildman–Crippen LogP) is 8.16. The third kappa shape index (κ3) is 8.53. The number of halogens is 4. The Labute approximate surface area is 284 Å². The van der Waals surface area contributed by atoms with Crippen molar-refractivity contribution in [3.63, 3.8) is 0 Å². The smallest absolute Gasteiger partial charge is 0.173 e. The number of rotatable bonds is 15. The summed E-state index contributed by atoms with van der Waals surface area (Å²) < 4.78 is 63.1. The molecule has 0 aliphatic heterocycles. The van der Waals surface area contributed by atoms with E-state index in [1.165, 1.54) is 36.0 Å². The zero-order valence-corrected chi connectivity index (χ0v) is 28.8. The molecule has 0 N–H and O–H groups in total. The highest BCUT2D eigenvalue weighted by molar-refractivity contribution is 7.98. The molecule has 0 amide bonds. The molecule has 0 saturated heterocycles. The molecule has 5 rings (SSSR count). The van der Waals surface area contributed by atoms with Crippen LogP contribution < -0.4 is 4.74 Å². The molecule has 0 saturated carbocycles. The molecule has 6 nitrogen and oxygen atoms in total. The van der Waals surface area contributed by atoms with Crippen molar-refractivity contribution in [2.24, 2.45) is 0 Å². The van der Waals surface area contributed by atoms with E-state index >= 15 is 8.78 Å². The van der Waals surface area contributed by atoms with Gasteiger partial charge in [-0.2, -0.15) is 0 Å². The summed E-state index contributed by atoms with van der Waals surface area (Å²) in [5.74, 6) is -1.65. The maximum atomic E-state index is 15.3. The van der Waals surface area contributed by atoms with Crippen LogP contribution in [0.4, 0.5) is 13.2 Å². The van der Waals surface area contributed by atoms with Gasteiger partial charge in [-0.1, -0.05) is 35.5 Å². The lowest BCUT2D eigenvalue weighted by atomic mass is 9.71. The minimum atomic E-state index is -0.700. The second-order valence-corrected chi connectivity index (χ2v) is 13.5. The summed E-state index contributed by atoms with van der Waals surface area (Å²) in [6.45, 7) is 6.91. The number of ether oxygens (including phenoxy) is 3. The molecule has 252 valence electrons. The molecule has 4 aromatic rings. The van der Waals surface area contributed by atoms with Crippen molar-refractivity contribution in [1.29, 1.82) is 0 Å². The van der Waals surface area contributed by atoms with Crippen LogP contribution in [0.5, 0.6) is 5.75 Å². The molecule has 1 unspecified atom stereocenters. The number of aryl methyl sites for hydroxylation is 2. The van der Waals surface area contributed by atoms with E-state index in [0.29, 0.717) is 30.0 Å². The molecule has 3 aromatic carbocycles. The molecule has 0 bridgehead atoms. The van der Waals surface area contributed by atoms with Gasteiger partial charge < -0.3 is 19.1 Å². The van der Waals surface area contributed by atoms with Gasteiger partial charge >= 0.3 is 0 Å². The highest BCUT2D eigenvalue weighted by Gasteiger charge is 2.39. The molecule has 0 radical (unpaired) electrons. The summed E-state index contributed by atoms with van der Waals surface area (Å²) >= 11 is 7.62. The molecule has 1 heterocycles. The second-order valence-electron chi connectivity index (χ2n) is 12.2. The van der Waals surface area contributed by atoms with Crippen molar-refractivity contribution in [3.05, 3.63) is 105 Å². The molecular weight excluding hydrogens is 647 g/mol. The van der Waals surface area contributed by atoms with E-state index < -0.39 is 17.0 Å². The molecule has 1 aliphatic carbocycles. The SMILES string of the molecule is Cc1cc(C2(C)CCCc3nc(SCc4c(F)cc(OCCOCCOCCN(C)C)cc4F)n(-c4ccc(F)cc4)c32)ccc1Cl. The lowest BCUT2D eigenvalue weighted by molar-refractivity contribution is 0.0324. The molecule has 1 aromatic heterocycles. The van der Waals surface area contributed by atoms with Crippen molar-refractivity contribution in [1.82, 2.24) is 14.5 Å². The summed E-state index contributed by atoms with van der Waals surface area (Å²) in [6, 6.07) is 14.7. The Morgan fingerprint density at radius 2 is 1.62 bits per heavy atom. The molecular formula is C36H41ClF3N3O3S. The Bertz CT molecular complexity index is 1640. The average Bonchev–Trinajstić information content (AvgIpc) is 3.41. The first-order valence-electron chi connectivity index (χ1n) is 15.7. The first-order valence-corrected chi connectivity index (χ1v) is 17.1. The van der Waals surface area contributed by atoms with E-state index in [9.17, 15) is 4.39 Å². The number of hydrogen-bond donors (Lipinski definition) is 0. The van der Waals surface area contributed by atoms with Gasteiger partial charge in [-0.25, -0.2) is 18.2 Å². The fraction of sp³-hybridized carbons (Fsp3) is 0.417. The van der Waals surface area contributed by atoms with Gasteiger partial charge in [0.2, 0.25) is 0 Å². The van der Waals surface area contributed by atoms with Crippen LogP contribution >= 0.6 is 23.4 Å². The standard InChI is InChI=1S/C36H41ClF3N3O3S/c1-24-20-25(7-12-30(24)37)36(2)13-5-6-33-34(36)43(27-10-8-26(38)9-11-27)35(41-33)47-23-29-31(39)21-28(22-32(29)40)46-19-18-45-17-16-44-15-14-42(3)4/h7-12,20-22H,5-6,13-19,23H2,1-4H3. The van der Waals surface area contributed by atoms with E-state index in [1.807, 2.05) is 42.6 Å². The number of aromatic nitrogens is 2. The zero-order chi connectivity index (χ0) is 33.6. The molecule has 1 atom stereocenters. The highest BCUT2D eigenvalue weighted by atomic mass is 35.5. The Morgan fingerprint density at radius 3 is 2.30 bits per heavy atom. The Hall–Kier alpha value is -3.02. The van der Waals surface area contributed by atoms with Crippen LogP contribution in [-0.2, 0) is 27.1 Å². The number of thioether (sulfide) groups is 1. The van der Waals surface area contributed by atoms with Crippen LogP contribution in [0.1, 0.15) is 47.8 Å². The monoisotopic (exact) mass is 687 g/mol. The van der Waals surface area contributed by atoms with Crippen LogP contribution in [0.25, 0.3) is 5.69 Å². The first kappa shape index (κ1) is 35.3. The summed E-state index contributed by atoms with van der Waals surface area (Å²) in [5.41, 5.74) is 4.24. The highest BCUT2D eigenvalue weighted by Crippen LogP contribution is 2.46. The van der Waals surface area contributed by atoms with Gasteiger partial charge in [0.15, 0.2) is 5.16 Å². The molecule has 0 fully saturated rings. The molecule has 47 heavy (non-hydrogen) atoms. The normalized spacial score (nSPS) is 16.1. The fourth-order valence-corrected chi connectivity index (χ4v) is 7.00. The topological polar surface area (TPSA) is 48.8 Å². The molecule has 11 heteroatoms. The van der Waals surface area contributed by atoms with E-state index in [-0.39, 0.29) is 36.1 Å². The van der Waals surface area contributed by atoms with Gasteiger partial charge in [-0.3, -0.25) is 4.57 Å². The quantitative estimate of drug-likeness (QED) is 0.0929. The second kappa shape index (κ2) is 15.9. The predicted molar refractivity (Wildman–Crippen MR) is 181 cm³/mol. The first-order chi connectivity index (χ1) is 22.6. The van der Waals surface area contributed by atoms with Crippen molar-refractivity contribution in [3.8, 4) is 11.4 Å². The summed E-state index contributed by atoms with van der Waals surface area (Å²) in [5, 5.41) is 1.28. The van der Waals surface area contributed by atoms with Gasteiger partial charge in [-0.05, 0) is 88.7 Å². The number of benzene rings is 3. The largest absolute Gasteiger partial charge is 0.491 e. The van der Waals surface area contributed by atoms with E-state index in [0.717, 1.165) is 54.0 Å². The Balaban J connectivity index is 1.32. The third-order valence-electron chi connectivity index (χ3n) is 8.42. The van der Waals surface area contributed by atoms with Crippen LogP contribution in [-0.4, -0.2) is 68.1 Å². The van der Waals surface area contributed by atoms with Gasteiger partial charge in [0.25, 0.3) is 0 Å². The minimum Gasteiger partial charge on any atom is -0.491 e. The summed E-state index contributed by atoms with van der Waals surface area (Å²) in [7, 11) is 3.95. The van der Waals surface area contributed by atoms with Crippen molar-refractivity contribution < 1.29 is 27.4 Å². The Morgan fingerprint density at radius 1 is 0.936 bits per heavy atom. The maximum absolute atomic E-state index is 15.3. The summed E-state index contributed by atoms with van der Waals surface area (Å²) in [6.07, 6.45) is 2.57. The van der Waals surface area contributed by atoms with Crippen LogP contribution in [0.3, 0.4) is 0 Å². The molecule has 0 spiro atoms. The number of imidazole rings is 1. The van der Waals surface area contributed by atoms with Crippen molar-refractivity contribution >= 4 is 23.4 Å². The number of nitrogens with zero attached hydrogens (tertiary/aromatic N) is 3. The maximum Gasteiger partial charge on any atom is 0.173 e. The fourth-order valence-electron chi connectivity index (χ4n) is 5.83. The number of hydrogen-bond acceptors (Lipinski definition) is 6. The lowest BCUT2D eigenvalue weighted by Gasteiger charge is -2.36. The van der Waals surface area contributed by atoms with E-state index in [4.69, 9.17) is 30.8 Å². The molecule has 1 aliphatic rings. The minimum absolute atomic E-state index is 0.00271. The third-order valence-corrected chi connectivity index (χ3v) is 9.81. The lowest BCUT2D eigenvalue weighted by Crippen LogP contribution is -2.31. The van der Waals surface area contributed by atoms with Crippen LogP contribution in [0, 0.1) is 24.4 Å². The van der Waals surface area contributed by atoms with Gasteiger partial charge in [-0.15, -0.1) is 0 Å². The average molecular weight is 688 g/mol. The summed E-state index contributed by atoms with van der Waals surface area (Å²) in [4.78, 5) is 7.04. The zero-order valence-electron chi connectivity index (χ0n) is 27.3. The van der Waals surface area contributed by atoms with Crippen LogP contribution in [0.2, 0.25) is 5.02 Å². The van der Waals surface area contributed by atoms with Gasteiger partial charge in [0.1, 0.15) is 29.8 Å². The van der Waals surface area contributed by atoms with Gasteiger partial charge in [0, 0.05) is 46.1 Å². The van der Waals surface area contributed by atoms with Gasteiger partial charge in [0.05, 0.1) is 37.8 Å². The van der Waals surface area contributed by atoms with E-state index in [1.54, 1.807) is 12.1 Å². The Kier molecular flexibility index (Phi) is 12.0. The van der Waals surface area contributed by atoms with Crippen LogP contribution in [0.15, 0.2) is 59.8 Å². The number of fused-ring (bicyclic) bond motifs is 1. The van der Waals surface area contributed by atoms with E-state index in [2.05, 4.69) is 13.0 Å². The van der Waals surface area contributed by atoms with Crippen molar-refractivity contribution in [2.45, 2.75) is 49.4 Å². The number of likely N-dealkylation sites (N-methyl/N-ethyl adjacent to an activating group) is 1. The van der Waals surface area contributed by atoms with Crippen molar-refractivity contribution in [2.75, 3.05) is 53.7 Å².